The van der Waals surface area contributed by atoms with Gasteiger partial charge in [0.25, 0.3) is 0 Å². The van der Waals surface area contributed by atoms with Crippen LogP contribution in [-0.2, 0) is 32.7 Å². The minimum atomic E-state index is -4.62. The van der Waals surface area contributed by atoms with Gasteiger partial charge in [0.2, 0.25) is 0 Å². The number of allylic oxidation sites excluding steroid dienone is 6. The van der Waals surface area contributed by atoms with Crippen LogP contribution in [0.25, 0.3) is 0 Å². The fourth-order valence-electron chi connectivity index (χ4n) is 7.20. The summed E-state index contributed by atoms with van der Waals surface area (Å²) in [6, 6.07) is -1.47. The third-order valence-corrected chi connectivity index (χ3v) is 12.1. The molecule has 3 unspecified atom stereocenters. The van der Waals surface area contributed by atoms with Crippen LogP contribution in [0.5, 0.6) is 0 Å². The van der Waals surface area contributed by atoms with Crippen LogP contribution in [0.2, 0.25) is 0 Å². The first-order valence-corrected chi connectivity index (χ1v) is 27.0. The van der Waals surface area contributed by atoms with Crippen LogP contribution in [0.1, 0.15) is 239 Å². The Morgan fingerprint density at radius 1 is 0.516 bits per heavy atom. The number of phosphoric ester groups is 1. The van der Waals surface area contributed by atoms with Crippen LogP contribution >= 0.6 is 7.82 Å². The van der Waals surface area contributed by atoms with E-state index >= 15 is 0 Å². The number of carboxylic acids is 1. The number of unbranched alkanes of at least 4 members (excludes halogenated alkanes) is 29. The maximum absolute atomic E-state index is 12.7. The van der Waals surface area contributed by atoms with Crippen molar-refractivity contribution in [3.8, 4) is 0 Å². The van der Waals surface area contributed by atoms with Gasteiger partial charge in [-0.15, -0.1) is 0 Å². The van der Waals surface area contributed by atoms with E-state index in [-0.39, 0.29) is 13.0 Å². The monoisotopic (exact) mass is 898 g/mol. The molecule has 0 radical (unpaired) electrons. The predicted molar refractivity (Wildman–Crippen MR) is 258 cm³/mol. The summed E-state index contributed by atoms with van der Waals surface area (Å²) in [6.45, 7) is 3.89. The molecular formula is C51H96NO9P. The SMILES string of the molecule is CCCCCCC/C=C\C/C=C\C/C=C\CCCCCCCCCOCC(COP(=O)(O)OCC(N)C(=O)O)OC(=O)CCCCCCCCCCCCCCCCCCCC. The van der Waals surface area contributed by atoms with Gasteiger partial charge in [-0.3, -0.25) is 18.6 Å². The molecule has 0 aromatic heterocycles. The smallest absolute Gasteiger partial charge is 0.472 e. The molecule has 0 aliphatic heterocycles. The topological polar surface area (TPSA) is 155 Å². The van der Waals surface area contributed by atoms with Crippen molar-refractivity contribution in [2.24, 2.45) is 5.73 Å². The average molecular weight is 898 g/mol. The van der Waals surface area contributed by atoms with E-state index in [0.29, 0.717) is 13.0 Å². The van der Waals surface area contributed by atoms with E-state index in [0.717, 1.165) is 51.4 Å². The Kier molecular flexibility index (Phi) is 45.8. The van der Waals surface area contributed by atoms with Crippen molar-refractivity contribution in [3.05, 3.63) is 36.5 Å². The summed E-state index contributed by atoms with van der Waals surface area (Å²) in [5, 5.41) is 8.93. The Hall–Kier alpha value is -1.81. The predicted octanol–water partition coefficient (Wildman–Crippen LogP) is 14.8. The lowest BCUT2D eigenvalue weighted by Crippen LogP contribution is -2.34. The van der Waals surface area contributed by atoms with Gasteiger partial charge in [-0.1, -0.05) is 217 Å². The molecule has 0 aromatic carbocycles. The highest BCUT2D eigenvalue weighted by Gasteiger charge is 2.27. The molecule has 62 heavy (non-hydrogen) atoms. The Morgan fingerprint density at radius 3 is 1.32 bits per heavy atom. The molecule has 0 saturated heterocycles. The van der Waals surface area contributed by atoms with Gasteiger partial charge in [-0.05, 0) is 51.4 Å². The number of rotatable bonds is 49. The van der Waals surface area contributed by atoms with Crippen molar-refractivity contribution in [1.82, 2.24) is 0 Å². The molecule has 0 spiro atoms. The van der Waals surface area contributed by atoms with E-state index in [1.54, 1.807) is 0 Å². The highest BCUT2D eigenvalue weighted by atomic mass is 31.2. The number of nitrogens with two attached hydrogens (primary N) is 1. The zero-order valence-corrected chi connectivity index (χ0v) is 40.9. The zero-order valence-electron chi connectivity index (χ0n) is 40.0. The summed E-state index contributed by atoms with van der Waals surface area (Å²) >= 11 is 0. The van der Waals surface area contributed by atoms with E-state index < -0.39 is 45.1 Å². The van der Waals surface area contributed by atoms with Crippen LogP contribution in [0.3, 0.4) is 0 Å². The number of hydrogen-bond acceptors (Lipinski definition) is 8. The first-order chi connectivity index (χ1) is 30.2. The normalized spacial score (nSPS) is 14.0. The largest absolute Gasteiger partial charge is 0.480 e. The van der Waals surface area contributed by atoms with Crippen LogP contribution < -0.4 is 5.73 Å². The van der Waals surface area contributed by atoms with Crippen molar-refractivity contribution in [2.75, 3.05) is 26.4 Å². The number of carbonyl (C=O) groups excluding carboxylic acids is 1. The van der Waals surface area contributed by atoms with Gasteiger partial charge in [-0.2, -0.15) is 0 Å². The molecule has 4 N–H and O–H groups in total. The van der Waals surface area contributed by atoms with Crippen molar-refractivity contribution < 1.29 is 42.7 Å². The summed E-state index contributed by atoms with van der Waals surface area (Å²) in [6.07, 6.45) is 54.8. The summed E-state index contributed by atoms with van der Waals surface area (Å²) in [5.41, 5.74) is 5.37. The van der Waals surface area contributed by atoms with Crippen LogP contribution in [0.15, 0.2) is 36.5 Å². The summed E-state index contributed by atoms with van der Waals surface area (Å²) < 4.78 is 33.5. The van der Waals surface area contributed by atoms with E-state index in [1.807, 2.05) is 0 Å². The zero-order chi connectivity index (χ0) is 45.5. The van der Waals surface area contributed by atoms with Gasteiger partial charge in [0.1, 0.15) is 12.1 Å². The fraction of sp³-hybridized carbons (Fsp3) is 0.843. The summed E-state index contributed by atoms with van der Waals surface area (Å²) in [7, 11) is -4.62. The van der Waals surface area contributed by atoms with Crippen LogP contribution in [0, 0.1) is 0 Å². The number of carbonyl (C=O) groups is 2. The first kappa shape index (κ1) is 60.2. The number of esters is 1. The van der Waals surface area contributed by atoms with E-state index in [9.17, 15) is 19.0 Å². The van der Waals surface area contributed by atoms with E-state index in [4.69, 9.17) is 29.4 Å². The average Bonchev–Trinajstić information content (AvgIpc) is 3.25. The third kappa shape index (κ3) is 46.2. The van der Waals surface area contributed by atoms with Crippen molar-refractivity contribution in [1.29, 1.82) is 0 Å². The molecule has 364 valence electrons. The van der Waals surface area contributed by atoms with Crippen molar-refractivity contribution in [3.63, 3.8) is 0 Å². The molecule has 0 saturated carbocycles. The molecule has 0 amide bonds. The highest BCUT2D eigenvalue weighted by molar-refractivity contribution is 7.47. The maximum Gasteiger partial charge on any atom is 0.472 e. The Balaban J connectivity index is 4.15. The van der Waals surface area contributed by atoms with Gasteiger partial charge < -0.3 is 25.2 Å². The molecule has 0 fully saturated rings. The van der Waals surface area contributed by atoms with Gasteiger partial charge in [0.15, 0.2) is 0 Å². The minimum absolute atomic E-state index is 0.0130. The molecule has 0 bridgehead atoms. The first-order valence-electron chi connectivity index (χ1n) is 25.5. The Bertz CT molecular complexity index is 1130. The van der Waals surface area contributed by atoms with Gasteiger partial charge >= 0.3 is 19.8 Å². The number of phosphoric acid groups is 1. The lowest BCUT2D eigenvalue weighted by molar-refractivity contribution is -0.154. The maximum atomic E-state index is 12.7. The molecule has 0 rings (SSSR count). The summed E-state index contributed by atoms with van der Waals surface area (Å²) in [4.78, 5) is 33.7. The quantitative estimate of drug-likeness (QED) is 0.0233. The standard InChI is InChI=1S/C51H96NO9P/c1-3-5-7-9-11-13-15-17-19-21-23-24-25-26-28-30-32-34-36-38-40-42-44-58-45-48(46-59-62(56,57)60-47-49(52)51(54)55)61-50(53)43-41-39-37-35-33-31-29-27-22-20-18-16-14-12-10-8-6-4-2/h15,17,21,23,25-26,48-49H,3-14,16,18-20,22,24,27-47,52H2,1-2H3,(H,54,55)(H,56,57)/b17-15-,23-21-,26-25-. The van der Waals surface area contributed by atoms with Crippen molar-refractivity contribution in [2.45, 2.75) is 251 Å². The molecular weight excluding hydrogens is 802 g/mol. The Labute approximate surface area is 380 Å². The van der Waals surface area contributed by atoms with Gasteiger partial charge in [0, 0.05) is 13.0 Å². The summed E-state index contributed by atoms with van der Waals surface area (Å²) in [5.74, 6) is -1.77. The molecule has 0 heterocycles. The number of hydrogen-bond donors (Lipinski definition) is 3. The Morgan fingerprint density at radius 2 is 0.887 bits per heavy atom. The lowest BCUT2D eigenvalue weighted by Gasteiger charge is -2.20. The van der Waals surface area contributed by atoms with Gasteiger partial charge in [-0.25, -0.2) is 4.57 Å². The number of carboxylic acid groups (broad SMARTS) is 1. The molecule has 11 heteroatoms. The van der Waals surface area contributed by atoms with E-state index in [1.165, 1.54) is 161 Å². The minimum Gasteiger partial charge on any atom is -0.480 e. The number of aliphatic carboxylic acids is 1. The van der Waals surface area contributed by atoms with Crippen molar-refractivity contribution >= 4 is 19.8 Å². The van der Waals surface area contributed by atoms with Crippen LogP contribution in [0.4, 0.5) is 0 Å². The van der Waals surface area contributed by atoms with E-state index in [2.05, 4.69) is 50.3 Å². The van der Waals surface area contributed by atoms with Gasteiger partial charge in [0.05, 0.1) is 19.8 Å². The molecule has 0 aromatic rings. The molecule has 0 aliphatic rings. The fourth-order valence-corrected chi connectivity index (χ4v) is 7.98. The van der Waals surface area contributed by atoms with Crippen LogP contribution in [-0.4, -0.2) is 60.5 Å². The lowest BCUT2D eigenvalue weighted by atomic mass is 10.0. The second kappa shape index (κ2) is 47.2. The second-order valence-corrected chi connectivity index (χ2v) is 18.8. The third-order valence-electron chi connectivity index (χ3n) is 11.2. The second-order valence-electron chi connectivity index (χ2n) is 17.3. The molecule has 0 aliphatic carbocycles. The molecule has 10 nitrogen and oxygen atoms in total. The molecule has 3 atom stereocenters. The number of ether oxygens (including phenoxy) is 2. The highest BCUT2D eigenvalue weighted by Crippen LogP contribution is 2.43.